The van der Waals surface area contributed by atoms with Gasteiger partial charge in [0, 0.05) is 5.56 Å². The maximum atomic E-state index is 13.1. The lowest BCUT2D eigenvalue weighted by atomic mass is 10.0. The van der Waals surface area contributed by atoms with Crippen molar-refractivity contribution in [3.05, 3.63) is 66.2 Å². The fourth-order valence-corrected chi connectivity index (χ4v) is 7.03. The molecule has 1 heterocycles. The van der Waals surface area contributed by atoms with Crippen molar-refractivity contribution in [1.29, 1.82) is 0 Å². The number of unbranched alkanes of at least 4 members (excludes halogenated alkanes) is 13. The Balaban J connectivity index is 1.45. The predicted octanol–water partition coefficient (Wildman–Crippen LogP) is 8.62. The third kappa shape index (κ3) is 11.7. The maximum absolute atomic E-state index is 13.1. The van der Waals surface area contributed by atoms with Crippen molar-refractivity contribution in [2.45, 2.75) is 107 Å². The summed E-state index contributed by atoms with van der Waals surface area (Å²) in [6.45, 7) is 2.63. The lowest BCUT2D eigenvalue weighted by Crippen LogP contribution is -2.40. The number of hydrogen-bond donors (Lipinski definition) is 1. The van der Waals surface area contributed by atoms with Crippen LogP contribution < -0.4 is 5.01 Å². The van der Waals surface area contributed by atoms with E-state index in [2.05, 4.69) is 17.4 Å². The van der Waals surface area contributed by atoms with E-state index in [1.54, 1.807) is 30.3 Å². The Kier molecular flexibility index (Phi) is 15.3. The van der Waals surface area contributed by atoms with Gasteiger partial charge in [0.1, 0.15) is 0 Å². The summed E-state index contributed by atoms with van der Waals surface area (Å²) in [7, 11) is -4.76. The van der Waals surface area contributed by atoms with Crippen LogP contribution in [0.4, 0.5) is 5.69 Å². The van der Waals surface area contributed by atoms with E-state index in [1.165, 1.54) is 92.9 Å². The topological polar surface area (TPSA) is 112 Å². The number of benzene rings is 2. The summed E-state index contributed by atoms with van der Waals surface area (Å²) < 4.78 is 33.0. The van der Waals surface area contributed by atoms with E-state index < -0.39 is 26.0 Å². The van der Waals surface area contributed by atoms with Crippen LogP contribution in [0.15, 0.2) is 71.1 Å². The number of rotatable bonds is 22. The Morgan fingerprint density at radius 1 is 0.810 bits per heavy atom. The fourth-order valence-electron chi connectivity index (χ4n) is 4.79. The summed E-state index contributed by atoms with van der Waals surface area (Å²) in [5, 5.41) is 11.0. The van der Waals surface area contributed by atoms with E-state index in [0.29, 0.717) is 24.1 Å². The number of thioether (sulfide) groups is 1. The van der Waals surface area contributed by atoms with Gasteiger partial charge in [-0.15, -0.1) is 5.17 Å². The molecule has 2 atom stereocenters. The summed E-state index contributed by atoms with van der Waals surface area (Å²) in [5.74, 6) is -0.727. The molecule has 0 saturated heterocycles. The third-order valence-corrected chi connectivity index (χ3v) is 10.1. The van der Waals surface area contributed by atoms with Gasteiger partial charge in [0.2, 0.25) is 5.50 Å². The molecular weight excluding hydrogens is 572 g/mol. The van der Waals surface area contributed by atoms with Crippen molar-refractivity contribution in [3.8, 4) is 0 Å². The minimum absolute atomic E-state index is 0.181. The molecule has 0 aromatic heterocycles. The molecule has 2 aromatic carbocycles. The van der Waals surface area contributed by atoms with Crippen molar-refractivity contribution in [3.63, 3.8) is 0 Å². The molecule has 0 aliphatic carbocycles. The van der Waals surface area contributed by atoms with Gasteiger partial charge in [-0.05, 0) is 29.0 Å². The van der Waals surface area contributed by atoms with E-state index >= 15 is 0 Å². The Morgan fingerprint density at radius 2 is 1.31 bits per heavy atom. The molecule has 42 heavy (non-hydrogen) atoms. The summed E-state index contributed by atoms with van der Waals surface area (Å²) in [4.78, 5) is 19.0. The van der Waals surface area contributed by atoms with E-state index in [9.17, 15) is 17.8 Å². The lowest BCUT2D eigenvalue weighted by Gasteiger charge is -2.28. The maximum Gasteiger partial charge on any atom is 0.285 e. The van der Waals surface area contributed by atoms with E-state index in [-0.39, 0.29) is 5.56 Å². The highest BCUT2D eigenvalue weighted by molar-refractivity contribution is 8.13. The van der Waals surface area contributed by atoms with Crippen LogP contribution in [0.25, 0.3) is 0 Å². The van der Waals surface area contributed by atoms with Gasteiger partial charge in [0.05, 0.1) is 12.3 Å². The average Bonchev–Trinajstić information content (AvgIpc) is 3.40. The second-order valence-electron chi connectivity index (χ2n) is 10.6. The van der Waals surface area contributed by atoms with Crippen molar-refractivity contribution in [1.82, 2.24) is 5.17 Å². The number of ketones is 1. The lowest BCUT2D eigenvalue weighted by molar-refractivity contribution is -0.161. The quantitative estimate of drug-likeness (QED) is 0.0793. The summed E-state index contributed by atoms with van der Waals surface area (Å²) in [5.41, 5.74) is -0.0955. The number of carbonyl (C=O) groups is 1. The van der Waals surface area contributed by atoms with Gasteiger partial charge in [-0.3, -0.25) is 14.2 Å². The standard InChI is InChI=1S/C31H46N4O5S2/c1-2-3-4-5-6-7-8-9-10-11-12-13-14-21-26-40-35-31(34(32-33-35)28-24-19-16-20-25-28)41-30(42(37,38)39)29(36)27-22-17-15-18-23-27/h15-20,22-25,30-31H,2-14,21,26H2,1H3,(H,37,38,39). The molecule has 2 aromatic rings. The number of hydroxylamine groups is 1. The smallest absolute Gasteiger partial charge is 0.285 e. The number of anilines is 1. The van der Waals surface area contributed by atoms with Crippen LogP contribution >= 0.6 is 11.8 Å². The summed E-state index contributed by atoms with van der Waals surface area (Å²) in [6.07, 6.45) is 17.6. The number of para-hydroxylation sites is 1. The van der Waals surface area contributed by atoms with Crippen LogP contribution in [0.5, 0.6) is 0 Å². The molecule has 0 radical (unpaired) electrons. The first-order valence-corrected chi connectivity index (χ1v) is 17.8. The van der Waals surface area contributed by atoms with Gasteiger partial charge in [-0.2, -0.15) is 8.42 Å². The molecule has 1 aliphatic rings. The predicted molar refractivity (Wildman–Crippen MR) is 169 cm³/mol. The van der Waals surface area contributed by atoms with Crippen LogP contribution in [-0.4, -0.2) is 40.6 Å². The van der Waals surface area contributed by atoms with Crippen LogP contribution in [0.3, 0.4) is 0 Å². The molecule has 1 N–H and O–H groups in total. The highest BCUT2D eigenvalue weighted by Gasteiger charge is 2.42. The third-order valence-electron chi connectivity index (χ3n) is 7.15. The molecule has 11 heteroatoms. The zero-order chi connectivity index (χ0) is 30.0. The van der Waals surface area contributed by atoms with Gasteiger partial charge < -0.3 is 0 Å². The zero-order valence-corrected chi connectivity index (χ0v) is 26.4. The van der Waals surface area contributed by atoms with Crippen LogP contribution in [0, 0.1) is 0 Å². The van der Waals surface area contributed by atoms with E-state index in [0.717, 1.165) is 19.3 Å². The first-order chi connectivity index (χ1) is 20.4. The molecule has 3 rings (SSSR count). The van der Waals surface area contributed by atoms with Gasteiger partial charge in [0.15, 0.2) is 10.4 Å². The first-order valence-electron chi connectivity index (χ1n) is 15.3. The highest BCUT2D eigenvalue weighted by atomic mass is 32.3. The first kappa shape index (κ1) is 34.0. The van der Waals surface area contributed by atoms with Crippen LogP contribution in [-0.2, 0) is 15.0 Å². The number of hydrogen-bond acceptors (Lipinski definition) is 9. The van der Waals surface area contributed by atoms with Crippen molar-refractivity contribution >= 4 is 33.4 Å². The number of carbonyl (C=O) groups excluding carboxylic acids is 1. The normalized spacial score (nSPS) is 15.8. The number of Topliss-reactive ketones (excluding diaryl/α,β-unsaturated/α-hetero) is 1. The minimum Gasteiger partial charge on any atom is -0.292 e. The minimum atomic E-state index is -4.76. The average molecular weight is 619 g/mol. The SMILES string of the molecule is CCCCCCCCCCCCCCCCON1N=NN(c2ccccc2)C1SC(C(=O)c1ccccc1)S(=O)(=O)O. The zero-order valence-electron chi connectivity index (χ0n) is 24.7. The summed E-state index contributed by atoms with van der Waals surface area (Å²) >= 11 is 0.713. The Labute approximate surface area is 255 Å². The van der Waals surface area contributed by atoms with Gasteiger partial charge in [-0.1, -0.05) is 151 Å². The molecule has 2 unspecified atom stereocenters. The molecule has 0 saturated carbocycles. The van der Waals surface area contributed by atoms with Crippen LogP contribution in [0.1, 0.15) is 107 Å². The fraction of sp³-hybridized carbons (Fsp3) is 0.581. The largest absolute Gasteiger partial charge is 0.292 e. The molecular formula is C31H46N4O5S2. The molecule has 0 amide bonds. The second kappa shape index (κ2) is 18.9. The van der Waals surface area contributed by atoms with Gasteiger partial charge >= 0.3 is 0 Å². The van der Waals surface area contributed by atoms with E-state index in [1.807, 2.05) is 18.2 Å². The van der Waals surface area contributed by atoms with Gasteiger partial charge in [0.25, 0.3) is 10.1 Å². The Hall–Kier alpha value is -2.47. The van der Waals surface area contributed by atoms with Crippen molar-refractivity contribution in [2.75, 3.05) is 11.6 Å². The molecule has 232 valence electrons. The summed E-state index contributed by atoms with van der Waals surface area (Å²) in [6, 6.07) is 17.1. The van der Waals surface area contributed by atoms with Crippen molar-refractivity contribution in [2.24, 2.45) is 10.4 Å². The second-order valence-corrected chi connectivity index (χ2v) is 13.6. The van der Waals surface area contributed by atoms with E-state index in [4.69, 9.17) is 4.84 Å². The van der Waals surface area contributed by atoms with Gasteiger partial charge in [-0.25, -0.2) is 5.01 Å². The molecule has 0 bridgehead atoms. The monoisotopic (exact) mass is 618 g/mol. The Morgan fingerprint density at radius 3 is 1.83 bits per heavy atom. The molecule has 1 aliphatic heterocycles. The molecule has 0 spiro atoms. The van der Waals surface area contributed by atoms with Crippen LogP contribution in [0.2, 0.25) is 0 Å². The molecule has 9 nitrogen and oxygen atoms in total. The highest BCUT2D eigenvalue weighted by Crippen LogP contribution is 2.36. The Bertz CT molecular complexity index is 1170. The van der Waals surface area contributed by atoms with Crippen molar-refractivity contribution < 1.29 is 22.6 Å². The molecule has 0 fully saturated rings. The number of nitrogens with zero attached hydrogens (tertiary/aromatic N) is 4.